The van der Waals surface area contributed by atoms with Crippen LogP contribution in [0.1, 0.15) is 15.9 Å². The molecule has 0 heterocycles. The lowest BCUT2D eigenvalue weighted by Gasteiger charge is -2.06. The number of carbonyl (C=O) groups is 2. The Bertz CT molecular complexity index is 486. The van der Waals surface area contributed by atoms with Gasteiger partial charge >= 0.3 is 5.97 Å². The quantitative estimate of drug-likeness (QED) is 0.367. The van der Waals surface area contributed by atoms with Crippen molar-refractivity contribution >= 4 is 33.9 Å². The van der Waals surface area contributed by atoms with Crippen molar-refractivity contribution in [2.75, 3.05) is 7.11 Å². The Balaban J connectivity index is 3.35. The Hall–Kier alpha value is -1.76. The van der Waals surface area contributed by atoms with Crippen LogP contribution in [0.4, 0.5) is 5.69 Å². The molecule has 0 saturated heterocycles. The first-order valence-electron chi connectivity index (χ1n) is 4.49. The van der Waals surface area contributed by atoms with Gasteiger partial charge in [0.15, 0.2) is 6.29 Å². The Morgan fingerprint density at radius 2 is 2.24 bits per heavy atom. The zero-order valence-corrected chi connectivity index (χ0v) is 10.4. The van der Waals surface area contributed by atoms with E-state index in [0.29, 0.717) is 10.8 Å². The predicted molar refractivity (Wildman–Crippen MR) is 61.9 cm³/mol. The fraction of sp³-hybridized carbons (Fsp3) is 0.200. The van der Waals surface area contributed by atoms with Crippen molar-refractivity contribution in [2.45, 2.75) is 6.42 Å². The van der Waals surface area contributed by atoms with Crippen molar-refractivity contribution in [1.29, 1.82) is 0 Å². The van der Waals surface area contributed by atoms with Crippen LogP contribution in [0.3, 0.4) is 0 Å². The van der Waals surface area contributed by atoms with Gasteiger partial charge in [-0.25, -0.2) is 0 Å². The lowest BCUT2D eigenvalue weighted by molar-refractivity contribution is -0.385. The molecule has 0 aliphatic carbocycles. The molecule has 0 atom stereocenters. The third-order valence-electron chi connectivity index (χ3n) is 2.14. The summed E-state index contributed by atoms with van der Waals surface area (Å²) in [6.07, 6.45) is 0.161. The highest BCUT2D eigenvalue weighted by atomic mass is 79.9. The summed E-state index contributed by atoms with van der Waals surface area (Å²) in [7, 11) is 1.20. The van der Waals surface area contributed by atoms with Gasteiger partial charge in [0, 0.05) is 10.5 Å². The van der Waals surface area contributed by atoms with Crippen molar-refractivity contribution in [3.63, 3.8) is 0 Å². The summed E-state index contributed by atoms with van der Waals surface area (Å²) in [5, 5.41) is 10.7. The predicted octanol–water partition coefficient (Wildman–Crippen LogP) is 1.89. The van der Waals surface area contributed by atoms with Crippen LogP contribution < -0.4 is 0 Å². The van der Waals surface area contributed by atoms with Crippen molar-refractivity contribution in [1.82, 2.24) is 0 Å². The second-order valence-electron chi connectivity index (χ2n) is 3.09. The van der Waals surface area contributed by atoms with E-state index < -0.39 is 10.9 Å². The largest absolute Gasteiger partial charge is 0.469 e. The average molecular weight is 302 g/mol. The number of aldehydes is 1. The fourth-order valence-corrected chi connectivity index (χ4v) is 1.80. The van der Waals surface area contributed by atoms with Gasteiger partial charge in [0.1, 0.15) is 0 Å². The number of methoxy groups -OCH3 is 1. The lowest BCUT2D eigenvalue weighted by Crippen LogP contribution is -2.09. The minimum Gasteiger partial charge on any atom is -0.469 e. The number of hydrogen-bond acceptors (Lipinski definition) is 5. The Labute approximate surface area is 105 Å². The normalized spacial score (nSPS) is 9.76. The number of carbonyl (C=O) groups excluding carboxylic acids is 2. The Morgan fingerprint density at radius 1 is 1.59 bits per heavy atom. The highest BCUT2D eigenvalue weighted by Gasteiger charge is 2.21. The topological polar surface area (TPSA) is 86.5 Å². The molecule has 0 radical (unpaired) electrons. The molecule has 0 fully saturated rings. The van der Waals surface area contributed by atoms with Crippen LogP contribution >= 0.6 is 15.9 Å². The van der Waals surface area contributed by atoms with Gasteiger partial charge in [-0.2, -0.15) is 0 Å². The molecule has 6 nitrogen and oxygen atoms in total. The number of nitro groups is 1. The molecule has 0 amide bonds. The molecule has 0 saturated carbocycles. The summed E-state index contributed by atoms with van der Waals surface area (Å²) < 4.78 is 4.92. The van der Waals surface area contributed by atoms with Crippen LogP contribution in [0, 0.1) is 10.1 Å². The molecule has 17 heavy (non-hydrogen) atoms. The van der Waals surface area contributed by atoms with Gasteiger partial charge in [0.2, 0.25) is 0 Å². The summed E-state index contributed by atoms with van der Waals surface area (Å²) >= 11 is 3.14. The first kappa shape index (κ1) is 13.3. The number of nitro benzene ring substituents is 1. The SMILES string of the molecule is COC(=O)Cc1c(Br)ccc([N+](=O)[O-])c1C=O. The second-order valence-corrected chi connectivity index (χ2v) is 3.94. The molecule has 1 rings (SSSR count). The van der Waals surface area contributed by atoms with Crippen molar-refractivity contribution in [3.05, 3.63) is 37.8 Å². The minimum absolute atomic E-state index is 0.116. The summed E-state index contributed by atoms with van der Waals surface area (Å²) in [5.74, 6) is -0.575. The van der Waals surface area contributed by atoms with Gasteiger partial charge in [-0.3, -0.25) is 19.7 Å². The summed E-state index contributed by atoms with van der Waals surface area (Å²) in [5.41, 5.74) is -0.196. The highest BCUT2D eigenvalue weighted by Crippen LogP contribution is 2.28. The molecular weight excluding hydrogens is 294 g/mol. The van der Waals surface area contributed by atoms with Gasteiger partial charge in [-0.15, -0.1) is 0 Å². The molecule has 0 aromatic heterocycles. The molecule has 0 bridgehead atoms. The molecule has 7 heteroatoms. The smallest absolute Gasteiger partial charge is 0.310 e. The van der Waals surface area contributed by atoms with Gasteiger partial charge < -0.3 is 4.74 Å². The zero-order valence-electron chi connectivity index (χ0n) is 8.81. The third kappa shape index (κ3) is 2.88. The second kappa shape index (κ2) is 5.53. The number of hydrogen-bond donors (Lipinski definition) is 0. The summed E-state index contributed by atoms with van der Waals surface area (Å²) in [6, 6.07) is 2.62. The van der Waals surface area contributed by atoms with Gasteiger partial charge in [-0.1, -0.05) is 15.9 Å². The monoisotopic (exact) mass is 301 g/mol. The van der Waals surface area contributed by atoms with Crippen LogP contribution in [-0.2, 0) is 16.0 Å². The van der Waals surface area contributed by atoms with Crippen LogP contribution in [0.15, 0.2) is 16.6 Å². The van der Waals surface area contributed by atoms with E-state index in [1.165, 1.54) is 19.2 Å². The van der Waals surface area contributed by atoms with Crippen LogP contribution in [0.5, 0.6) is 0 Å². The maximum atomic E-state index is 11.2. The van der Waals surface area contributed by atoms with E-state index in [2.05, 4.69) is 20.7 Å². The standard InChI is InChI=1S/C10H8BrNO5/c1-17-10(14)4-6-7(5-13)9(12(15)16)3-2-8(6)11/h2-3,5H,4H2,1H3. The van der Waals surface area contributed by atoms with Crippen molar-refractivity contribution in [2.24, 2.45) is 0 Å². The Kier molecular flexibility index (Phi) is 4.33. The first-order valence-corrected chi connectivity index (χ1v) is 5.28. The van der Waals surface area contributed by atoms with Crippen LogP contribution in [-0.4, -0.2) is 24.3 Å². The van der Waals surface area contributed by atoms with Crippen molar-refractivity contribution < 1.29 is 19.2 Å². The summed E-state index contributed by atoms with van der Waals surface area (Å²) in [6.45, 7) is 0. The average Bonchev–Trinajstić information content (AvgIpc) is 2.30. The molecule has 0 aliphatic heterocycles. The fourth-order valence-electron chi connectivity index (χ4n) is 1.31. The van der Waals surface area contributed by atoms with Crippen LogP contribution in [0.2, 0.25) is 0 Å². The van der Waals surface area contributed by atoms with E-state index >= 15 is 0 Å². The van der Waals surface area contributed by atoms with E-state index in [1.54, 1.807) is 0 Å². The highest BCUT2D eigenvalue weighted by molar-refractivity contribution is 9.10. The Morgan fingerprint density at radius 3 is 2.71 bits per heavy atom. The van der Waals surface area contributed by atoms with Crippen LogP contribution in [0.25, 0.3) is 0 Å². The zero-order chi connectivity index (χ0) is 13.0. The number of rotatable bonds is 4. The summed E-state index contributed by atoms with van der Waals surface area (Å²) in [4.78, 5) is 32.1. The van der Waals surface area contributed by atoms with Gasteiger partial charge in [0.25, 0.3) is 5.69 Å². The first-order chi connectivity index (χ1) is 8.01. The van der Waals surface area contributed by atoms with Gasteiger partial charge in [0.05, 0.1) is 24.0 Å². The molecule has 0 spiro atoms. The van der Waals surface area contributed by atoms with Crippen molar-refractivity contribution in [3.8, 4) is 0 Å². The molecule has 0 aliphatic rings. The van der Waals surface area contributed by atoms with Gasteiger partial charge in [-0.05, 0) is 11.6 Å². The third-order valence-corrected chi connectivity index (χ3v) is 2.88. The molecule has 90 valence electrons. The van der Waals surface area contributed by atoms with E-state index in [9.17, 15) is 19.7 Å². The molecule has 1 aromatic rings. The number of benzene rings is 1. The number of esters is 1. The molecule has 1 aromatic carbocycles. The lowest BCUT2D eigenvalue weighted by atomic mass is 10.0. The van der Waals surface area contributed by atoms with E-state index in [0.717, 1.165) is 0 Å². The number of nitrogens with zero attached hydrogens (tertiary/aromatic N) is 1. The van der Waals surface area contributed by atoms with E-state index in [4.69, 9.17) is 0 Å². The van der Waals surface area contributed by atoms with E-state index in [-0.39, 0.29) is 23.2 Å². The number of ether oxygens (including phenoxy) is 1. The number of halogens is 1. The molecule has 0 N–H and O–H groups in total. The maximum Gasteiger partial charge on any atom is 0.310 e. The maximum absolute atomic E-state index is 11.2. The molecular formula is C10H8BrNO5. The minimum atomic E-state index is -0.670. The van der Waals surface area contributed by atoms with E-state index in [1.807, 2.05) is 0 Å². The molecule has 0 unspecified atom stereocenters.